The lowest BCUT2D eigenvalue weighted by molar-refractivity contribution is -0.124. The van der Waals surface area contributed by atoms with Gasteiger partial charge in [0.25, 0.3) is 0 Å². The van der Waals surface area contributed by atoms with E-state index in [-0.39, 0.29) is 23.8 Å². The number of nitrogens with one attached hydrogen (secondary N) is 1. The van der Waals surface area contributed by atoms with Gasteiger partial charge in [-0.25, -0.2) is 0 Å². The maximum atomic E-state index is 13.7. The molecule has 4 nitrogen and oxygen atoms in total. The van der Waals surface area contributed by atoms with Gasteiger partial charge in [-0.2, -0.15) is 0 Å². The van der Waals surface area contributed by atoms with E-state index in [2.05, 4.69) is 35.8 Å². The third-order valence-electron chi connectivity index (χ3n) is 6.39. The van der Waals surface area contributed by atoms with Crippen LogP contribution in [0.1, 0.15) is 51.9 Å². The largest absolute Gasteiger partial charge is 0.356 e. The summed E-state index contributed by atoms with van der Waals surface area (Å²) in [6, 6.07) is 12.6. The Balaban J connectivity index is 1.62. The van der Waals surface area contributed by atoms with Gasteiger partial charge in [0.15, 0.2) is 0 Å². The van der Waals surface area contributed by atoms with Crippen LogP contribution < -0.4 is 10.2 Å². The Morgan fingerprint density at radius 3 is 2.59 bits per heavy atom. The van der Waals surface area contributed by atoms with Crippen molar-refractivity contribution >= 4 is 28.8 Å². The lowest BCUT2D eigenvalue weighted by atomic mass is 9.82. The highest BCUT2D eigenvalue weighted by Crippen LogP contribution is 2.37. The fourth-order valence-electron chi connectivity index (χ4n) is 4.59. The fraction of sp³-hybridized carbons (Fsp3) is 0.500. The first-order valence-corrected chi connectivity index (χ1v) is 11.7. The standard InChI is InChI=1S/C24H30N2O2S/c1-17-7-9-19(10-8-17)24(28)26(20-11-12-23(27)25-14-13-20)21-15-22(29-16-21)18-5-3-2-4-6-18/h2-6,15-17,19-20H,7-14H2,1H3,(H,25,27). The van der Waals surface area contributed by atoms with Crippen LogP contribution in [0.2, 0.25) is 0 Å². The minimum atomic E-state index is 0.0824. The fourth-order valence-corrected chi connectivity index (χ4v) is 5.49. The van der Waals surface area contributed by atoms with Crippen molar-refractivity contribution in [1.29, 1.82) is 0 Å². The van der Waals surface area contributed by atoms with Gasteiger partial charge in [-0.15, -0.1) is 11.3 Å². The van der Waals surface area contributed by atoms with Crippen molar-refractivity contribution in [3.05, 3.63) is 41.8 Å². The maximum absolute atomic E-state index is 13.7. The van der Waals surface area contributed by atoms with Crippen molar-refractivity contribution in [2.45, 2.75) is 57.9 Å². The molecule has 154 valence electrons. The molecule has 1 unspecified atom stereocenters. The molecule has 1 atom stereocenters. The molecule has 1 saturated carbocycles. The van der Waals surface area contributed by atoms with Gasteiger partial charge in [-0.3, -0.25) is 9.59 Å². The minimum Gasteiger partial charge on any atom is -0.356 e. The summed E-state index contributed by atoms with van der Waals surface area (Å²) in [6.45, 7) is 2.93. The zero-order valence-electron chi connectivity index (χ0n) is 17.1. The van der Waals surface area contributed by atoms with E-state index < -0.39 is 0 Å². The molecule has 1 aliphatic carbocycles. The van der Waals surface area contributed by atoms with Gasteiger partial charge in [0, 0.05) is 35.2 Å². The Bertz CT molecular complexity index is 840. The Hall–Kier alpha value is -2.14. The molecule has 1 saturated heterocycles. The number of hydrogen-bond donors (Lipinski definition) is 1. The summed E-state index contributed by atoms with van der Waals surface area (Å²) in [5.41, 5.74) is 2.18. The van der Waals surface area contributed by atoms with Crippen LogP contribution in [0.3, 0.4) is 0 Å². The molecule has 2 aromatic rings. The molecule has 1 aromatic heterocycles. The zero-order valence-corrected chi connectivity index (χ0v) is 17.9. The van der Waals surface area contributed by atoms with Crippen molar-refractivity contribution in [1.82, 2.24) is 5.32 Å². The van der Waals surface area contributed by atoms with Gasteiger partial charge >= 0.3 is 0 Å². The highest BCUT2D eigenvalue weighted by Gasteiger charge is 2.34. The number of benzene rings is 1. The Morgan fingerprint density at radius 2 is 1.83 bits per heavy atom. The van der Waals surface area contributed by atoms with Crippen molar-refractivity contribution in [2.24, 2.45) is 11.8 Å². The van der Waals surface area contributed by atoms with Crippen LogP contribution in [0.4, 0.5) is 5.69 Å². The van der Waals surface area contributed by atoms with Gasteiger partial charge in [-0.1, -0.05) is 37.3 Å². The highest BCUT2D eigenvalue weighted by atomic mass is 32.1. The molecule has 0 spiro atoms. The number of nitrogens with zero attached hydrogens (tertiary/aromatic N) is 1. The van der Waals surface area contributed by atoms with E-state index >= 15 is 0 Å². The van der Waals surface area contributed by atoms with Gasteiger partial charge in [0.1, 0.15) is 0 Å². The summed E-state index contributed by atoms with van der Waals surface area (Å²) in [6.07, 6.45) is 6.27. The summed E-state index contributed by atoms with van der Waals surface area (Å²) >= 11 is 1.69. The van der Waals surface area contributed by atoms with E-state index in [1.165, 1.54) is 10.4 Å². The lowest BCUT2D eigenvalue weighted by Gasteiger charge is -2.35. The third kappa shape index (κ3) is 4.72. The normalized spacial score (nSPS) is 25.1. The van der Waals surface area contributed by atoms with Gasteiger partial charge in [-0.05, 0) is 56.1 Å². The average Bonchev–Trinajstić information content (AvgIpc) is 3.12. The Morgan fingerprint density at radius 1 is 1.07 bits per heavy atom. The van der Waals surface area contributed by atoms with Crippen LogP contribution in [0.25, 0.3) is 10.4 Å². The van der Waals surface area contributed by atoms with Gasteiger partial charge in [0.2, 0.25) is 11.8 Å². The molecule has 1 aliphatic heterocycles. The van der Waals surface area contributed by atoms with Crippen molar-refractivity contribution in [2.75, 3.05) is 11.4 Å². The quantitative estimate of drug-likeness (QED) is 0.749. The number of thiophene rings is 1. The van der Waals surface area contributed by atoms with Crippen molar-refractivity contribution in [3.8, 4) is 10.4 Å². The molecule has 0 bridgehead atoms. The third-order valence-corrected chi connectivity index (χ3v) is 7.36. The molecule has 29 heavy (non-hydrogen) atoms. The number of hydrogen-bond acceptors (Lipinski definition) is 3. The van der Waals surface area contributed by atoms with Gasteiger partial charge in [0.05, 0.1) is 5.69 Å². The monoisotopic (exact) mass is 410 g/mol. The number of rotatable bonds is 4. The number of anilines is 1. The predicted octanol–water partition coefficient (Wildman–Crippen LogP) is 5.24. The molecule has 2 fully saturated rings. The molecule has 4 rings (SSSR count). The van der Waals surface area contributed by atoms with Crippen LogP contribution in [0.5, 0.6) is 0 Å². The summed E-state index contributed by atoms with van der Waals surface area (Å²) < 4.78 is 0. The topological polar surface area (TPSA) is 49.4 Å². The Kier molecular flexibility index (Phi) is 6.34. The predicted molar refractivity (Wildman–Crippen MR) is 119 cm³/mol. The summed E-state index contributed by atoms with van der Waals surface area (Å²) in [4.78, 5) is 28.8. The van der Waals surface area contributed by atoms with E-state index in [0.29, 0.717) is 13.0 Å². The van der Waals surface area contributed by atoms with Crippen LogP contribution in [-0.2, 0) is 9.59 Å². The van der Waals surface area contributed by atoms with E-state index in [4.69, 9.17) is 0 Å². The van der Waals surface area contributed by atoms with Gasteiger partial charge < -0.3 is 10.2 Å². The average molecular weight is 411 g/mol. The number of carbonyl (C=O) groups excluding carboxylic acids is 2. The maximum Gasteiger partial charge on any atom is 0.230 e. The second kappa shape index (κ2) is 9.12. The Labute approximate surface area is 177 Å². The van der Waals surface area contributed by atoms with E-state index in [1.807, 2.05) is 23.1 Å². The first kappa shape index (κ1) is 20.1. The molecule has 2 amide bonds. The first-order valence-electron chi connectivity index (χ1n) is 10.9. The van der Waals surface area contributed by atoms with Crippen LogP contribution in [0.15, 0.2) is 41.8 Å². The molecule has 5 heteroatoms. The second-order valence-electron chi connectivity index (χ2n) is 8.53. The minimum absolute atomic E-state index is 0.0824. The highest BCUT2D eigenvalue weighted by molar-refractivity contribution is 7.14. The smallest absolute Gasteiger partial charge is 0.230 e. The lowest BCUT2D eigenvalue weighted by Crippen LogP contribution is -2.45. The van der Waals surface area contributed by atoms with Crippen LogP contribution in [-0.4, -0.2) is 24.4 Å². The van der Waals surface area contributed by atoms with Crippen LogP contribution >= 0.6 is 11.3 Å². The molecule has 0 radical (unpaired) electrons. The van der Waals surface area contributed by atoms with E-state index in [9.17, 15) is 9.59 Å². The molecular formula is C24H30N2O2S. The number of carbonyl (C=O) groups is 2. The first-order chi connectivity index (χ1) is 14.1. The molecular weight excluding hydrogens is 380 g/mol. The van der Waals surface area contributed by atoms with Crippen molar-refractivity contribution in [3.63, 3.8) is 0 Å². The molecule has 1 aromatic carbocycles. The summed E-state index contributed by atoms with van der Waals surface area (Å²) in [5, 5.41) is 5.08. The molecule has 2 aliphatic rings. The summed E-state index contributed by atoms with van der Waals surface area (Å²) in [7, 11) is 0. The molecule has 1 N–H and O–H groups in total. The second-order valence-corrected chi connectivity index (χ2v) is 9.44. The van der Waals surface area contributed by atoms with Crippen molar-refractivity contribution < 1.29 is 9.59 Å². The molecule has 2 heterocycles. The van der Waals surface area contributed by atoms with Crippen LogP contribution in [0, 0.1) is 11.8 Å². The summed E-state index contributed by atoms with van der Waals surface area (Å²) in [5.74, 6) is 1.19. The SMILES string of the molecule is CC1CCC(C(=O)N(c2csc(-c3ccccc3)c2)C2CCNC(=O)CC2)CC1. The number of amides is 2. The van der Waals surface area contributed by atoms with E-state index in [0.717, 1.165) is 50.1 Å². The zero-order chi connectivity index (χ0) is 20.2. The van der Waals surface area contributed by atoms with E-state index in [1.54, 1.807) is 11.3 Å².